The lowest BCUT2D eigenvalue weighted by Crippen LogP contribution is -2.14. The molecule has 0 unspecified atom stereocenters. The maximum Gasteiger partial charge on any atom is 0.256 e. The van der Waals surface area contributed by atoms with Gasteiger partial charge in [0.25, 0.3) is 5.91 Å². The van der Waals surface area contributed by atoms with Crippen LogP contribution >= 0.6 is 11.8 Å². The van der Waals surface area contributed by atoms with E-state index in [-0.39, 0.29) is 5.91 Å². The molecule has 1 amide bonds. The number of carbonyl (C=O) groups is 1. The number of thioether (sulfide) groups is 1. The van der Waals surface area contributed by atoms with Crippen molar-refractivity contribution in [2.45, 2.75) is 18.7 Å². The second-order valence-electron chi connectivity index (χ2n) is 4.68. The maximum absolute atomic E-state index is 12.4. The van der Waals surface area contributed by atoms with Gasteiger partial charge < -0.3 is 11.1 Å². The molecule has 2 rings (SSSR count). The molecule has 3 N–H and O–H groups in total. The van der Waals surface area contributed by atoms with E-state index in [0.717, 1.165) is 21.7 Å². The van der Waals surface area contributed by atoms with E-state index in [1.165, 1.54) is 0 Å². The minimum Gasteiger partial charge on any atom is -0.398 e. The van der Waals surface area contributed by atoms with Crippen molar-refractivity contribution in [2.24, 2.45) is 0 Å². The quantitative estimate of drug-likeness (QED) is 0.665. The van der Waals surface area contributed by atoms with E-state index in [1.807, 2.05) is 56.5 Å². The lowest BCUT2D eigenvalue weighted by atomic mass is 10.1. The van der Waals surface area contributed by atoms with Crippen LogP contribution in [-0.4, -0.2) is 12.2 Å². The highest BCUT2D eigenvalue weighted by molar-refractivity contribution is 7.98. The lowest BCUT2D eigenvalue weighted by molar-refractivity contribution is 0.102. The highest BCUT2D eigenvalue weighted by Gasteiger charge is 2.12. The number of nitrogens with two attached hydrogens (primary N) is 1. The molecule has 0 aromatic heterocycles. The number of rotatable bonds is 3. The number of carbonyl (C=O) groups excluding carboxylic acids is 1. The van der Waals surface area contributed by atoms with Crippen LogP contribution in [0.3, 0.4) is 0 Å². The highest BCUT2D eigenvalue weighted by Crippen LogP contribution is 2.25. The van der Waals surface area contributed by atoms with Gasteiger partial charge in [0.1, 0.15) is 0 Å². The molecule has 0 saturated carbocycles. The SMILES string of the molecule is CSc1ccccc1C(=O)Nc1cc(N)c(C)cc1C. The molecule has 104 valence electrons. The summed E-state index contributed by atoms with van der Waals surface area (Å²) in [4.78, 5) is 13.3. The lowest BCUT2D eigenvalue weighted by Gasteiger charge is -2.12. The van der Waals surface area contributed by atoms with Gasteiger partial charge >= 0.3 is 0 Å². The fourth-order valence-electron chi connectivity index (χ4n) is 2.03. The van der Waals surface area contributed by atoms with Crippen molar-refractivity contribution in [3.63, 3.8) is 0 Å². The van der Waals surface area contributed by atoms with Gasteiger partial charge in [-0.05, 0) is 49.4 Å². The molecule has 20 heavy (non-hydrogen) atoms. The molecule has 0 radical (unpaired) electrons. The van der Waals surface area contributed by atoms with E-state index in [0.29, 0.717) is 11.3 Å². The Balaban J connectivity index is 2.30. The number of anilines is 2. The Hall–Kier alpha value is -1.94. The fourth-order valence-corrected chi connectivity index (χ4v) is 2.62. The number of amides is 1. The molecule has 0 aliphatic heterocycles. The Kier molecular flexibility index (Phi) is 4.35. The number of aryl methyl sites for hydroxylation is 2. The predicted molar refractivity (Wildman–Crippen MR) is 86.5 cm³/mol. The van der Waals surface area contributed by atoms with Crippen molar-refractivity contribution >= 4 is 29.0 Å². The van der Waals surface area contributed by atoms with Crippen molar-refractivity contribution in [3.05, 3.63) is 53.1 Å². The largest absolute Gasteiger partial charge is 0.398 e. The number of benzene rings is 2. The van der Waals surface area contributed by atoms with E-state index in [2.05, 4.69) is 5.32 Å². The average Bonchev–Trinajstić information content (AvgIpc) is 2.44. The standard InChI is InChI=1S/C16H18N2OS/c1-10-8-11(2)14(9-13(10)17)18-16(19)12-6-4-5-7-15(12)20-3/h4-9H,17H2,1-3H3,(H,18,19). The van der Waals surface area contributed by atoms with Crippen LogP contribution < -0.4 is 11.1 Å². The molecule has 0 fully saturated rings. The van der Waals surface area contributed by atoms with Crippen LogP contribution in [-0.2, 0) is 0 Å². The first-order valence-electron chi connectivity index (χ1n) is 6.34. The van der Waals surface area contributed by atoms with Crippen LogP contribution in [0, 0.1) is 13.8 Å². The zero-order valence-electron chi connectivity index (χ0n) is 11.9. The minimum absolute atomic E-state index is 0.110. The number of hydrogen-bond acceptors (Lipinski definition) is 3. The first kappa shape index (κ1) is 14.5. The monoisotopic (exact) mass is 286 g/mol. The van der Waals surface area contributed by atoms with E-state index in [9.17, 15) is 4.79 Å². The molecule has 0 saturated heterocycles. The van der Waals surface area contributed by atoms with Gasteiger partial charge in [-0.2, -0.15) is 0 Å². The van der Waals surface area contributed by atoms with Crippen molar-refractivity contribution in [2.75, 3.05) is 17.3 Å². The van der Waals surface area contributed by atoms with Crippen LogP contribution in [0.2, 0.25) is 0 Å². The predicted octanol–water partition coefficient (Wildman–Crippen LogP) is 3.86. The van der Waals surface area contributed by atoms with Gasteiger partial charge in [-0.15, -0.1) is 11.8 Å². The van der Waals surface area contributed by atoms with Crippen LogP contribution in [0.1, 0.15) is 21.5 Å². The first-order valence-corrected chi connectivity index (χ1v) is 7.56. The normalized spacial score (nSPS) is 10.3. The third kappa shape index (κ3) is 2.96. The number of hydrogen-bond donors (Lipinski definition) is 2. The van der Waals surface area contributed by atoms with Crippen LogP contribution in [0.5, 0.6) is 0 Å². The molecule has 0 bridgehead atoms. The Morgan fingerprint density at radius 2 is 1.85 bits per heavy atom. The van der Waals surface area contributed by atoms with Crippen molar-refractivity contribution in [3.8, 4) is 0 Å². The second-order valence-corrected chi connectivity index (χ2v) is 5.53. The third-order valence-electron chi connectivity index (χ3n) is 3.21. The first-order chi connectivity index (χ1) is 9.52. The molecule has 4 heteroatoms. The van der Waals surface area contributed by atoms with Gasteiger partial charge in [0.2, 0.25) is 0 Å². The molecule has 2 aromatic rings. The number of nitrogens with one attached hydrogen (secondary N) is 1. The summed E-state index contributed by atoms with van der Waals surface area (Å²) in [6.07, 6.45) is 1.96. The molecule has 0 spiro atoms. The van der Waals surface area contributed by atoms with Gasteiger partial charge in [0.05, 0.1) is 5.56 Å². The molecular formula is C16H18N2OS. The van der Waals surface area contributed by atoms with Crippen LogP contribution in [0.15, 0.2) is 41.3 Å². The Labute approximate surface area is 123 Å². The minimum atomic E-state index is -0.110. The van der Waals surface area contributed by atoms with Crippen molar-refractivity contribution in [1.82, 2.24) is 0 Å². The molecule has 0 aliphatic rings. The van der Waals surface area contributed by atoms with Gasteiger partial charge in [-0.25, -0.2) is 0 Å². The third-order valence-corrected chi connectivity index (χ3v) is 4.01. The summed E-state index contributed by atoms with van der Waals surface area (Å²) in [7, 11) is 0. The van der Waals surface area contributed by atoms with Gasteiger partial charge in [-0.1, -0.05) is 18.2 Å². The Morgan fingerprint density at radius 1 is 1.15 bits per heavy atom. The zero-order chi connectivity index (χ0) is 14.7. The summed E-state index contributed by atoms with van der Waals surface area (Å²) < 4.78 is 0. The highest BCUT2D eigenvalue weighted by atomic mass is 32.2. The topological polar surface area (TPSA) is 55.1 Å². The summed E-state index contributed by atoms with van der Waals surface area (Å²) in [5, 5.41) is 2.94. The second kappa shape index (κ2) is 6.01. The molecule has 0 heterocycles. The zero-order valence-corrected chi connectivity index (χ0v) is 12.7. The van der Waals surface area contributed by atoms with E-state index in [1.54, 1.807) is 11.8 Å². The Morgan fingerprint density at radius 3 is 2.55 bits per heavy atom. The molecule has 0 atom stereocenters. The van der Waals surface area contributed by atoms with E-state index >= 15 is 0 Å². The molecular weight excluding hydrogens is 268 g/mol. The summed E-state index contributed by atoms with van der Waals surface area (Å²) in [5.74, 6) is -0.110. The summed E-state index contributed by atoms with van der Waals surface area (Å²) in [5.41, 5.74) is 10.1. The van der Waals surface area contributed by atoms with Gasteiger partial charge in [0.15, 0.2) is 0 Å². The molecule has 3 nitrogen and oxygen atoms in total. The number of nitrogen functional groups attached to an aromatic ring is 1. The molecule has 0 aliphatic carbocycles. The van der Waals surface area contributed by atoms with Crippen molar-refractivity contribution < 1.29 is 4.79 Å². The van der Waals surface area contributed by atoms with E-state index < -0.39 is 0 Å². The maximum atomic E-state index is 12.4. The average molecular weight is 286 g/mol. The summed E-state index contributed by atoms with van der Waals surface area (Å²) in [6.45, 7) is 3.92. The van der Waals surface area contributed by atoms with Gasteiger partial charge in [0, 0.05) is 16.3 Å². The smallest absolute Gasteiger partial charge is 0.256 e. The molecule has 2 aromatic carbocycles. The van der Waals surface area contributed by atoms with Crippen LogP contribution in [0.4, 0.5) is 11.4 Å². The van der Waals surface area contributed by atoms with Crippen molar-refractivity contribution in [1.29, 1.82) is 0 Å². The van der Waals surface area contributed by atoms with Gasteiger partial charge in [-0.3, -0.25) is 4.79 Å². The van der Waals surface area contributed by atoms with E-state index in [4.69, 9.17) is 5.73 Å². The fraction of sp³-hybridized carbons (Fsp3) is 0.188. The summed E-state index contributed by atoms with van der Waals surface area (Å²) >= 11 is 1.56. The van der Waals surface area contributed by atoms with Crippen LogP contribution in [0.25, 0.3) is 0 Å². The summed E-state index contributed by atoms with van der Waals surface area (Å²) in [6, 6.07) is 11.3. The Bertz CT molecular complexity index is 653.